The zero-order chi connectivity index (χ0) is 20.7. The van der Waals surface area contributed by atoms with Crippen LogP contribution in [0, 0.1) is 18.7 Å². The maximum atomic E-state index is 14.0. The first-order chi connectivity index (χ1) is 14.6. The van der Waals surface area contributed by atoms with Gasteiger partial charge in [-0.1, -0.05) is 0 Å². The van der Waals surface area contributed by atoms with Crippen molar-refractivity contribution < 1.29 is 9.18 Å². The smallest absolute Gasteiger partial charge is 0.254 e. The van der Waals surface area contributed by atoms with Gasteiger partial charge in [0.2, 0.25) is 0 Å². The Hall–Kier alpha value is -3.42. The van der Waals surface area contributed by atoms with Crippen molar-refractivity contribution in [1.82, 2.24) is 24.8 Å². The van der Waals surface area contributed by atoms with Crippen molar-refractivity contribution in [3.05, 3.63) is 66.1 Å². The molecule has 1 saturated heterocycles. The van der Waals surface area contributed by atoms with E-state index in [1.54, 1.807) is 30.9 Å². The normalized spacial score (nSPS) is 22.3. The molecule has 1 amide bonds. The Morgan fingerprint density at radius 2 is 1.97 bits per heavy atom. The summed E-state index contributed by atoms with van der Waals surface area (Å²) in [7, 11) is 0. The van der Waals surface area contributed by atoms with Gasteiger partial charge in [-0.15, -0.1) is 0 Å². The van der Waals surface area contributed by atoms with Gasteiger partial charge in [0.25, 0.3) is 5.91 Å². The molecule has 3 heterocycles. The zero-order valence-corrected chi connectivity index (χ0v) is 16.5. The van der Waals surface area contributed by atoms with E-state index in [1.807, 2.05) is 11.8 Å². The molecule has 1 aliphatic carbocycles. The number of amides is 1. The quantitative estimate of drug-likeness (QED) is 0.719. The third-order valence-electron chi connectivity index (χ3n) is 5.88. The van der Waals surface area contributed by atoms with E-state index in [2.05, 4.69) is 25.3 Å². The van der Waals surface area contributed by atoms with Crippen molar-refractivity contribution in [1.29, 1.82) is 0 Å². The molecule has 2 bridgehead atoms. The van der Waals surface area contributed by atoms with E-state index >= 15 is 0 Å². The summed E-state index contributed by atoms with van der Waals surface area (Å²) >= 11 is 0. The summed E-state index contributed by atoms with van der Waals surface area (Å²) in [5.74, 6) is 0.952. The molecule has 0 spiro atoms. The number of nitrogens with zero attached hydrogens (tertiary/aromatic N) is 5. The Morgan fingerprint density at radius 1 is 1.13 bits per heavy atom. The topological polar surface area (TPSA) is 83.9 Å². The molecule has 8 heteroatoms. The second-order valence-corrected chi connectivity index (χ2v) is 7.92. The first-order valence-corrected chi connectivity index (χ1v) is 10.0. The van der Waals surface area contributed by atoms with E-state index in [0.29, 0.717) is 35.2 Å². The number of nitrogens with one attached hydrogen (secondary N) is 1. The predicted octanol–water partition coefficient (Wildman–Crippen LogP) is 3.10. The number of aryl methyl sites for hydroxylation is 1. The van der Waals surface area contributed by atoms with Gasteiger partial charge in [0.05, 0.1) is 29.7 Å². The Labute approximate surface area is 173 Å². The summed E-state index contributed by atoms with van der Waals surface area (Å²) in [5, 5.41) is 3.44. The summed E-state index contributed by atoms with van der Waals surface area (Å²) < 4.78 is 14.0. The monoisotopic (exact) mass is 404 g/mol. The third kappa shape index (κ3) is 3.38. The Morgan fingerprint density at radius 3 is 2.70 bits per heavy atom. The summed E-state index contributed by atoms with van der Waals surface area (Å²) in [6.07, 6.45) is 8.55. The molecular weight excluding hydrogens is 383 g/mol. The second-order valence-electron chi connectivity index (χ2n) is 7.92. The van der Waals surface area contributed by atoms with Crippen molar-refractivity contribution in [2.24, 2.45) is 5.92 Å². The van der Waals surface area contributed by atoms with E-state index in [0.717, 1.165) is 18.5 Å². The highest BCUT2D eigenvalue weighted by atomic mass is 19.1. The van der Waals surface area contributed by atoms with Gasteiger partial charge in [0.15, 0.2) is 5.82 Å². The standard InChI is InChI=1S/C22H21FN6O/c1-13-10-27-20(11-26-13)28-18-7-14-8-19(18)29(12-14)22(30)16-4-3-15(23)9-17(16)21-24-5-2-6-25-21/h2-6,9-11,14,18-19H,7-8,12H2,1H3,(H,27,28). The first kappa shape index (κ1) is 18.6. The van der Waals surface area contributed by atoms with Crippen LogP contribution in [0.15, 0.2) is 49.1 Å². The van der Waals surface area contributed by atoms with Crippen molar-refractivity contribution >= 4 is 11.7 Å². The van der Waals surface area contributed by atoms with Crippen LogP contribution in [0.2, 0.25) is 0 Å². The fourth-order valence-corrected chi connectivity index (χ4v) is 4.55. The average Bonchev–Trinajstić information content (AvgIpc) is 3.36. The molecule has 2 fully saturated rings. The van der Waals surface area contributed by atoms with E-state index in [1.165, 1.54) is 18.2 Å². The molecule has 3 aromatic rings. The molecule has 2 aromatic heterocycles. The molecule has 2 aliphatic rings. The van der Waals surface area contributed by atoms with E-state index < -0.39 is 5.82 Å². The molecule has 30 heavy (non-hydrogen) atoms. The van der Waals surface area contributed by atoms with Crippen LogP contribution in [0.4, 0.5) is 10.2 Å². The summed E-state index contributed by atoms with van der Waals surface area (Å²) in [6, 6.07) is 6.03. The molecule has 152 valence electrons. The lowest BCUT2D eigenvalue weighted by Crippen LogP contribution is -2.47. The first-order valence-electron chi connectivity index (χ1n) is 10.0. The third-order valence-corrected chi connectivity index (χ3v) is 5.88. The molecule has 1 aromatic carbocycles. The lowest BCUT2D eigenvalue weighted by molar-refractivity contribution is 0.0692. The van der Waals surface area contributed by atoms with Crippen LogP contribution >= 0.6 is 0 Å². The van der Waals surface area contributed by atoms with E-state index in [-0.39, 0.29) is 18.0 Å². The molecule has 1 N–H and O–H groups in total. The molecule has 3 unspecified atom stereocenters. The van der Waals surface area contributed by atoms with Gasteiger partial charge in [-0.3, -0.25) is 9.78 Å². The minimum Gasteiger partial charge on any atom is -0.364 e. The molecule has 7 nitrogen and oxygen atoms in total. The van der Waals surface area contributed by atoms with Crippen LogP contribution < -0.4 is 5.32 Å². The van der Waals surface area contributed by atoms with Crippen LogP contribution in [0.3, 0.4) is 0 Å². The summed E-state index contributed by atoms with van der Waals surface area (Å²) in [5.41, 5.74) is 1.69. The molecule has 0 radical (unpaired) electrons. The number of anilines is 1. The number of hydrogen-bond acceptors (Lipinski definition) is 6. The van der Waals surface area contributed by atoms with Crippen LogP contribution in [0.25, 0.3) is 11.4 Å². The lowest BCUT2D eigenvalue weighted by Gasteiger charge is -2.34. The lowest BCUT2D eigenvalue weighted by atomic mass is 10.0. The number of aromatic nitrogens is 4. The van der Waals surface area contributed by atoms with E-state index in [9.17, 15) is 9.18 Å². The van der Waals surface area contributed by atoms with Gasteiger partial charge >= 0.3 is 0 Å². The summed E-state index contributed by atoms with van der Waals surface area (Å²) in [4.78, 5) is 32.5. The van der Waals surface area contributed by atoms with Crippen LogP contribution in [0.1, 0.15) is 28.9 Å². The number of hydrogen-bond donors (Lipinski definition) is 1. The molecule has 1 saturated carbocycles. The SMILES string of the molecule is Cc1cnc(NC2CC3CC2N(C(=O)c2ccc(F)cc2-c2ncccn2)C3)cn1. The number of carbonyl (C=O) groups is 1. The van der Waals surface area contributed by atoms with Crippen molar-refractivity contribution in [2.45, 2.75) is 31.8 Å². The van der Waals surface area contributed by atoms with Crippen LogP contribution in [0.5, 0.6) is 0 Å². The fourth-order valence-electron chi connectivity index (χ4n) is 4.55. The van der Waals surface area contributed by atoms with Gasteiger partial charge in [-0.05, 0) is 49.9 Å². The maximum absolute atomic E-state index is 14.0. The van der Waals surface area contributed by atoms with Gasteiger partial charge < -0.3 is 10.2 Å². The highest BCUT2D eigenvalue weighted by Gasteiger charge is 2.47. The zero-order valence-electron chi connectivity index (χ0n) is 16.5. The molecule has 3 atom stereocenters. The fraction of sp³-hybridized carbons (Fsp3) is 0.318. The van der Waals surface area contributed by atoms with Crippen molar-refractivity contribution in [3.63, 3.8) is 0 Å². The highest BCUT2D eigenvalue weighted by Crippen LogP contribution is 2.40. The summed E-state index contributed by atoms with van der Waals surface area (Å²) in [6.45, 7) is 2.60. The van der Waals surface area contributed by atoms with Crippen molar-refractivity contribution in [3.8, 4) is 11.4 Å². The molecule has 5 rings (SSSR count). The highest BCUT2D eigenvalue weighted by molar-refractivity contribution is 6.00. The van der Waals surface area contributed by atoms with Crippen LogP contribution in [-0.2, 0) is 0 Å². The number of halogens is 1. The Balaban J connectivity index is 1.41. The number of piperidine rings is 1. The molecular formula is C22H21FN6O. The molecule has 1 aliphatic heterocycles. The Bertz CT molecular complexity index is 1070. The van der Waals surface area contributed by atoms with Crippen molar-refractivity contribution in [2.75, 3.05) is 11.9 Å². The van der Waals surface area contributed by atoms with Gasteiger partial charge in [-0.25, -0.2) is 19.3 Å². The Kier molecular flexibility index (Phi) is 4.61. The number of fused-ring (bicyclic) bond motifs is 2. The number of benzene rings is 1. The van der Waals surface area contributed by atoms with E-state index in [4.69, 9.17) is 0 Å². The number of likely N-dealkylation sites (tertiary alicyclic amines) is 1. The van der Waals surface area contributed by atoms with Gasteiger partial charge in [-0.2, -0.15) is 0 Å². The minimum absolute atomic E-state index is 0.0557. The minimum atomic E-state index is -0.422. The predicted molar refractivity (Wildman–Crippen MR) is 109 cm³/mol. The van der Waals surface area contributed by atoms with Gasteiger partial charge in [0, 0.05) is 30.5 Å². The van der Waals surface area contributed by atoms with Gasteiger partial charge in [0.1, 0.15) is 11.6 Å². The maximum Gasteiger partial charge on any atom is 0.254 e. The largest absolute Gasteiger partial charge is 0.364 e. The second kappa shape index (κ2) is 7.44. The number of carbonyl (C=O) groups excluding carboxylic acids is 1. The number of rotatable bonds is 4. The average molecular weight is 404 g/mol. The van der Waals surface area contributed by atoms with Crippen LogP contribution in [-0.4, -0.2) is 49.4 Å².